The van der Waals surface area contributed by atoms with E-state index in [4.69, 9.17) is 0 Å². The van der Waals surface area contributed by atoms with Crippen LogP contribution in [0.15, 0.2) is 12.8 Å². The molecule has 0 aromatic carbocycles. The minimum atomic E-state index is -4.26. The zero-order chi connectivity index (χ0) is 6.62. The zero-order valence-electron chi connectivity index (χ0n) is 3.94. The highest BCUT2D eigenvalue weighted by molar-refractivity contribution is 7.45. The monoisotopic (exact) mass is 138 g/mol. The normalized spacial score (nSPS) is 16.8. The fourth-order valence-corrected chi connectivity index (χ4v) is 0.348. The summed E-state index contributed by atoms with van der Waals surface area (Å²) in [5.74, 6) is 4.24. The maximum Gasteiger partial charge on any atom is 0.335 e. The van der Waals surface area contributed by atoms with E-state index < -0.39 is 7.82 Å². The molecule has 0 amide bonds. The highest BCUT2D eigenvalue weighted by atomic mass is 31.2. The van der Waals surface area contributed by atoms with Crippen molar-refractivity contribution in [2.45, 2.75) is 0 Å². The van der Waals surface area contributed by atoms with E-state index in [-0.39, 0.29) is 0 Å². The largest absolute Gasteiger partial charge is 0.745 e. The van der Waals surface area contributed by atoms with Crippen molar-refractivity contribution in [1.29, 1.82) is 0 Å². The molecule has 0 aliphatic heterocycles. The Bertz CT molecular complexity index is 123. The number of phosphoric acid groups is 1. The molecule has 0 saturated heterocycles. The van der Waals surface area contributed by atoms with Gasteiger partial charge in [0.05, 0.1) is 6.26 Å². The molecule has 0 aliphatic rings. The molecule has 0 fully saturated rings. The molecule has 0 saturated carbocycles. The molecule has 0 aromatic heterocycles. The van der Waals surface area contributed by atoms with Crippen molar-refractivity contribution in [3.8, 4) is 0 Å². The summed E-state index contributed by atoms with van der Waals surface area (Å²) in [5, 5.41) is 0. The van der Waals surface area contributed by atoms with Gasteiger partial charge in [0.2, 0.25) is 0 Å². The first-order chi connectivity index (χ1) is 3.62. The molecule has 1 atom stereocenters. The molecule has 0 bridgehead atoms. The van der Waals surface area contributed by atoms with Gasteiger partial charge >= 0.3 is 7.82 Å². The third kappa shape index (κ3) is 2.76. The van der Waals surface area contributed by atoms with Crippen LogP contribution in [0.3, 0.4) is 0 Å². The molecule has 5 nitrogen and oxygen atoms in total. The SMILES string of the molecule is C=COP(=O)([O-])ON. The Labute approximate surface area is 46.3 Å². The van der Waals surface area contributed by atoms with Crippen LogP contribution in [0.5, 0.6) is 0 Å². The molecule has 0 radical (unpaired) electrons. The summed E-state index contributed by atoms with van der Waals surface area (Å²) in [5.41, 5.74) is 0. The lowest BCUT2D eigenvalue weighted by atomic mass is 11.2. The molecule has 1 unspecified atom stereocenters. The lowest BCUT2D eigenvalue weighted by Crippen LogP contribution is -2.09. The molecule has 0 aliphatic carbocycles. The van der Waals surface area contributed by atoms with Crippen molar-refractivity contribution in [2.24, 2.45) is 5.90 Å². The average molecular weight is 138 g/mol. The molecule has 6 heteroatoms. The van der Waals surface area contributed by atoms with Crippen LogP contribution in [0.2, 0.25) is 0 Å². The standard InChI is InChI=1S/C2H6NO4P/c1-2-6-8(4,5)7-3/h2H,1,3H2,(H,4,5)/p-1. The fraction of sp³-hybridized carbons (Fsp3) is 0. The van der Waals surface area contributed by atoms with E-state index in [1.165, 1.54) is 0 Å². The van der Waals surface area contributed by atoms with Crippen LogP contribution in [0.4, 0.5) is 0 Å². The van der Waals surface area contributed by atoms with E-state index in [9.17, 15) is 9.46 Å². The lowest BCUT2D eigenvalue weighted by Gasteiger charge is -2.16. The summed E-state index contributed by atoms with van der Waals surface area (Å²) in [4.78, 5) is 9.99. The van der Waals surface area contributed by atoms with Crippen LogP contribution < -0.4 is 10.8 Å². The van der Waals surface area contributed by atoms with Gasteiger partial charge in [-0.25, -0.2) is 10.5 Å². The van der Waals surface area contributed by atoms with Gasteiger partial charge in [-0.15, -0.1) is 0 Å². The van der Waals surface area contributed by atoms with E-state index >= 15 is 0 Å². The third-order valence-electron chi connectivity index (χ3n) is 0.333. The molecule has 0 spiro atoms. The van der Waals surface area contributed by atoms with Gasteiger partial charge in [-0.2, -0.15) is 0 Å². The van der Waals surface area contributed by atoms with Gasteiger partial charge in [-0.05, 0) is 0 Å². The van der Waals surface area contributed by atoms with Crippen LogP contribution in [-0.2, 0) is 13.7 Å². The van der Waals surface area contributed by atoms with Crippen molar-refractivity contribution in [3.63, 3.8) is 0 Å². The third-order valence-corrected chi connectivity index (χ3v) is 0.998. The van der Waals surface area contributed by atoms with Gasteiger partial charge in [-0.1, -0.05) is 6.58 Å². The van der Waals surface area contributed by atoms with Crippen LogP contribution in [0.25, 0.3) is 0 Å². The second kappa shape index (κ2) is 2.84. The van der Waals surface area contributed by atoms with Gasteiger partial charge in [0, 0.05) is 0 Å². The number of rotatable bonds is 3. The van der Waals surface area contributed by atoms with Gasteiger partial charge < -0.3 is 9.42 Å². The summed E-state index contributed by atoms with van der Waals surface area (Å²) < 4.78 is 17.2. The van der Waals surface area contributed by atoms with E-state index in [1.807, 2.05) is 0 Å². The first-order valence-electron chi connectivity index (χ1n) is 1.61. The Morgan fingerprint density at radius 3 is 2.50 bits per heavy atom. The molecule has 0 rings (SSSR count). The van der Waals surface area contributed by atoms with Crippen molar-refractivity contribution >= 4 is 7.82 Å². The minimum absolute atomic E-state index is 0.709. The minimum Gasteiger partial charge on any atom is -0.745 e. The number of nitrogens with two attached hydrogens (primary N) is 1. The van der Waals surface area contributed by atoms with Gasteiger partial charge in [0.25, 0.3) is 0 Å². The predicted octanol–water partition coefficient (Wildman–Crippen LogP) is -0.495. The van der Waals surface area contributed by atoms with Crippen LogP contribution >= 0.6 is 7.82 Å². The Hall–Kier alpha value is -0.350. The Kier molecular flexibility index (Phi) is 2.71. The maximum atomic E-state index is 9.99. The molecule has 8 heavy (non-hydrogen) atoms. The maximum absolute atomic E-state index is 9.99. The average Bonchev–Trinajstić information content (AvgIpc) is 1.67. The summed E-state index contributed by atoms with van der Waals surface area (Å²) in [6, 6.07) is 0. The molecule has 0 aromatic rings. The summed E-state index contributed by atoms with van der Waals surface area (Å²) in [6.45, 7) is 2.96. The number of hydrogen-bond donors (Lipinski definition) is 1. The quantitative estimate of drug-likeness (QED) is 0.323. The highest BCUT2D eigenvalue weighted by Gasteiger charge is 2.02. The Morgan fingerprint density at radius 2 is 2.38 bits per heavy atom. The van der Waals surface area contributed by atoms with E-state index in [0.29, 0.717) is 6.26 Å². The number of phosphoric ester groups is 1. The molecule has 2 N–H and O–H groups in total. The Balaban J connectivity index is 3.72. The smallest absolute Gasteiger partial charge is 0.335 e. The first-order valence-corrected chi connectivity index (χ1v) is 3.07. The van der Waals surface area contributed by atoms with Crippen LogP contribution in [0, 0.1) is 0 Å². The molecule has 48 valence electrons. The van der Waals surface area contributed by atoms with Crippen molar-refractivity contribution in [2.75, 3.05) is 0 Å². The van der Waals surface area contributed by atoms with Gasteiger partial charge in [0.15, 0.2) is 0 Å². The van der Waals surface area contributed by atoms with E-state index in [0.717, 1.165) is 0 Å². The second-order valence-corrected chi connectivity index (χ2v) is 2.14. The molecule has 0 heterocycles. The topological polar surface area (TPSA) is 84.6 Å². The first kappa shape index (κ1) is 7.65. The van der Waals surface area contributed by atoms with E-state index in [1.54, 1.807) is 0 Å². The van der Waals surface area contributed by atoms with Crippen molar-refractivity contribution in [1.82, 2.24) is 0 Å². The van der Waals surface area contributed by atoms with E-state index in [2.05, 4.69) is 21.6 Å². The second-order valence-electron chi connectivity index (χ2n) is 0.825. The summed E-state index contributed by atoms with van der Waals surface area (Å²) >= 11 is 0. The highest BCUT2D eigenvalue weighted by Crippen LogP contribution is 2.35. The van der Waals surface area contributed by atoms with Crippen molar-refractivity contribution in [3.05, 3.63) is 12.8 Å². The zero-order valence-corrected chi connectivity index (χ0v) is 4.84. The summed E-state index contributed by atoms with van der Waals surface area (Å²) in [7, 11) is -4.26. The Morgan fingerprint density at radius 1 is 1.88 bits per heavy atom. The number of hydrogen-bond acceptors (Lipinski definition) is 5. The van der Waals surface area contributed by atoms with Gasteiger partial charge in [-0.3, -0.25) is 4.57 Å². The van der Waals surface area contributed by atoms with Crippen LogP contribution in [-0.4, -0.2) is 0 Å². The predicted molar refractivity (Wildman–Crippen MR) is 24.2 cm³/mol. The fourth-order valence-electron chi connectivity index (χ4n) is 0.116. The van der Waals surface area contributed by atoms with Crippen LogP contribution in [0.1, 0.15) is 0 Å². The lowest BCUT2D eigenvalue weighted by molar-refractivity contribution is -0.221. The molecular weight excluding hydrogens is 133 g/mol. The summed E-state index contributed by atoms with van der Waals surface area (Å²) in [6.07, 6.45) is 0.709. The molecular formula is C2H5NO4P-. The van der Waals surface area contributed by atoms with Crippen molar-refractivity contribution < 1.29 is 18.6 Å². The van der Waals surface area contributed by atoms with Gasteiger partial charge in [0.1, 0.15) is 0 Å².